The Bertz CT molecular complexity index is 658. The standard InChI is InChI=1S/C14H17Cl2NO3S/c1-9(2)10-6-7-17(8-10)14(18)13-11(15)4-3-5-12(13)21(16,19)20/h3-5,9-10H,6-8H2,1-2H3. The molecule has 1 fully saturated rings. The smallest absolute Gasteiger partial charge is 0.262 e. The number of benzene rings is 1. The van der Waals surface area contributed by atoms with Gasteiger partial charge in [-0.25, -0.2) is 8.42 Å². The number of rotatable bonds is 3. The minimum atomic E-state index is -4.02. The van der Waals surface area contributed by atoms with Crippen molar-refractivity contribution in [3.05, 3.63) is 28.8 Å². The molecule has 0 bridgehead atoms. The van der Waals surface area contributed by atoms with Crippen molar-refractivity contribution in [2.75, 3.05) is 13.1 Å². The van der Waals surface area contributed by atoms with Gasteiger partial charge in [-0.2, -0.15) is 0 Å². The fourth-order valence-corrected chi connectivity index (χ4v) is 3.97. The summed E-state index contributed by atoms with van der Waals surface area (Å²) in [5.74, 6) is 0.528. The number of hydrogen-bond acceptors (Lipinski definition) is 3. The molecule has 1 saturated heterocycles. The molecular formula is C14H17Cl2NO3S. The highest BCUT2D eigenvalue weighted by Gasteiger charge is 2.32. The van der Waals surface area contributed by atoms with Gasteiger partial charge >= 0.3 is 0 Å². The normalized spacial score (nSPS) is 19.3. The lowest BCUT2D eigenvalue weighted by Crippen LogP contribution is -2.30. The van der Waals surface area contributed by atoms with E-state index in [1.807, 2.05) is 0 Å². The average Bonchev–Trinajstić information content (AvgIpc) is 2.86. The van der Waals surface area contributed by atoms with Gasteiger partial charge in [0.2, 0.25) is 0 Å². The summed E-state index contributed by atoms with van der Waals surface area (Å²) in [6.45, 7) is 5.45. The Kier molecular flexibility index (Phi) is 4.85. The van der Waals surface area contributed by atoms with Gasteiger partial charge in [-0.1, -0.05) is 31.5 Å². The molecular weight excluding hydrogens is 333 g/mol. The van der Waals surface area contributed by atoms with E-state index in [2.05, 4.69) is 13.8 Å². The third kappa shape index (κ3) is 3.52. The highest BCUT2D eigenvalue weighted by atomic mass is 35.7. The summed E-state index contributed by atoms with van der Waals surface area (Å²) in [6.07, 6.45) is 0.914. The van der Waals surface area contributed by atoms with Gasteiger partial charge in [0.15, 0.2) is 0 Å². The van der Waals surface area contributed by atoms with E-state index in [-0.39, 0.29) is 21.4 Å². The zero-order chi connectivity index (χ0) is 15.8. The Hall–Kier alpha value is -0.780. The van der Waals surface area contributed by atoms with Crippen molar-refractivity contribution in [1.29, 1.82) is 0 Å². The van der Waals surface area contributed by atoms with Gasteiger partial charge in [0.1, 0.15) is 0 Å². The summed E-state index contributed by atoms with van der Waals surface area (Å²) in [7, 11) is 1.39. The molecule has 0 aliphatic carbocycles. The second kappa shape index (κ2) is 6.15. The molecule has 4 nitrogen and oxygen atoms in total. The minimum Gasteiger partial charge on any atom is -0.338 e. The minimum absolute atomic E-state index is 0.0291. The van der Waals surface area contributed by atoms with Crippen LogP contribution < -0.4 is 0 Å². The molecule has 1 aliphatic heterocycles. The molecule has 116 valence electrons. The average molecular weight is 350 g/mol. The lowest BCUT2D eigenvalue weighted by molar-refractivity contribution is 0.0780. The van der Waals surface area contributed by atoms with Crippen molar-refractivity contribution < 1.29 is 13.2 Å². The quantitative estimate of drug-likeness (QED) is 0.786. The van der Waals surface area contributed by atoms with Gasteiger partial charge in [-0.05, 0) is 30.4 Å². The van der Waals surface area contributed by atoms with E-state index < -0.39 is 9.05 Å². The Morgan fingerprint density at radius 2 is 2.05 bits per heavy atom. The Labute approximate surface area is 134 Å². The fraction of sp³-hybridized carbons (Fsp3) is 0.500. The van der Waals surface area contributed by atoms with E-state index in [1.54, 1.807) is 4.90 Å². The Morgan fingerprint density at radius 3 is 2.57 bits per heavy atom. The van der Waals surface area contributed by atoms with E-state index in [9.17, 15) is 13.2 Å². The van der Waals surface area contributed by atoms with Crippen LogP contribution in [-0.2, 0) is 9.05 Å². The van der Waals surface area contributed by atoms with Crippen molar-refractivity contribution in [2.45, 2.75) is 25.2 Å². The maximum atomic E-state index is 12.6. The van der Waals surface area contributed by atoms with E-state index >= 15 is 0 Å². The number of likely N-dealkylation sites (tertiary alicyclic amines) is 1. The van der Waals surface area contributed by atoms with E-state index in [1.165, 1.54) is 18.2 Å². The van der Waals surface area contributed by atoms with Crippen molar-refractivity contribution >= 4 is 37.2 Å². The molecule has 1 amide bonds. The molecule has 7 heteroatoms. The molecule has 1 unspecified atom stereocenters. The lowest BCUT2D eigenvalue weighted by atomic mass is 9.95. The summed E-state index contributed by atoms with van der Waals surface area (Å²) >= 11 is 6.04. The van der Waals surface area contributed by atoms with Gasteiger partial charge in [-0.15, -0.1) is 0 Å². The molecule has 0 saturated carbocycles. The van der Waals surface area contributed by atoms with Crippen LogP contribution in [0.15, 0.2) is 23.1 Å². The van der Waals surface area contributed by atoms with Crippen molar-refractivity contribution in [2.24, 2.45) is 11.8 Å². The molecule has 2 rings (SSSR count). The number of hydrogen-bond donors (Lipinski definition) is 0. The van der Waals surface area contributed by atoms with Crippen LogP contribution in [0.1, 0.15) is 30.6 Å². The summed E-state index contributed by atoms with van der Waals surface area (Å²) in [6, 6.07) is 4.27. The lowest BCUT2D eigenvalue weighted by Gasteiger charge is -2.19. The molecule has 21 heavy (non-hydrogen) atoms. The molecule has 1 heterocycles. The van der Waals surface area contributed by atoms with Crippen LogP contribution in [0.4, 0.5) is 0 Å². The molecule has 0 radical (unpaired) electrons. The summed E-state index contributed by atoms with van der Waals surface area (Å²) in [5.41, 5.74) is -0.0291. The summed E-state index contributed by atoms with van der Waals surface area (Å²) < 4.78 is 23.3. The summed E-state index contributed by atoms with van der Waals surface area (Å²) in [5, 5.41) is 0.106. The van der Waals surface area contributed by atoms with Gasteiger partial charge in [-0.3, -0.25) is 4.79 Å². The zero-order valence-electron chi connectivity index (χ0n) is 11.8. The van der Waals surface area contributed by atoms with Crippen molar-refractivity contribution in [3.63, 3.8) is 0 Å². The van der Waals surface area contributed by atoms with Crippen LogP contribution in [-0.4, -0.2) is 32.3 Å². The van der Waals surface area contributed by atoms with Crippen LogP contribution in [0.5, 0.6) is 0 Å². The maximum absolute atomic E-state index is 12.6. The maximum Gasteiger partial charge on any atom is 0.262 e. The molecule has 1 aliphatic rings. The Balaban J connectivity index is 2.37. The van der Waals surface area contributed by atoms with Crippen molar-refractivity contribution in [3.8, 4) is 0 Å². The molecule has 1 aromatic rings. The first-order chi connectivity index (χ1) is 9.71. The fourth-order valence-electron chi connectivity index (χ4n) is 2.59. The third-order valence-electron chi connectivity index (χ3n) is 3.91. The molecule has 0 aromatic heterocycles. The predicted molar refractivity (Wildman–Crippen MR) is 83.3 cm³/mol. The predicted octanol–water partition coefficient (Wildman–Crippen LogP) is 3.39. The van der Waals surface area contributed by atoms with Crippen LogP contribution >= 0.6 is 22.3 Å². The third-order valence-corrected chi connectivity index (χ3v) is 5.59. The number of amides is 1. The van der Waals surface area contributed by atoms with E-state index in [0.29, 0.717) is 24.9 Å². The number of nitrogens with zero attached hydrogens (tertiary/aromatic N) is 1. The van der Waals surface area contributed by atoms with E-state index in [0.717, 1.165) is 6.42 Å². The first-order valence-electron chi connectivity index (χ1n) is 6.74. The second-order valence-corrected chi connectivity index (χ2v) is 8.54. The number of halogens is 2. The first-order valence-corrected chi connectivity index (χ1v) is 9.43. The van der Waals surface area contributed by atoms with Crippen LogP contribution in [0.25, 0.3) is 0 Å². The highest BCUT2D eigenvalue weighted by molar-refractivity contribution is 8.13. The highest BCUT2D eigenvalue weighted by Crippen LogP contribution is 2.31. The largest absolute Gasteiger partial charge is 0.338 e. The van der Waals surface area contributed by atoms with Crippen LogP contribution in [0.2, 0.25) is 5.02 Å². The Morgan fingerprint density at radius 1 is 1.38 bits per heavy atom. The second-order valence-electron chi connectivity index (χ2n) is 5.59. The monoisotopic (exact) mass is 349 g/mol. The van der Waals surface area contributed by atoms with Gasteiger partial charge in [0.05, 0.1) is 15.5 Å². The van der Waals surface area contributed by atoms with Crippen LogP contribution in [0, 0.1) is 11.8 Å². The van der Waals surface area contributed by atoms with Gasteiger partial charge < -0.3 is 4.90 Å². The topological polar surface area (TPSA) is 54.5 Å². The first kappa shape index (κ1) is 16.6. The molecule has 1 aromatic carbocycles. The van der Waals surface area contributed by atoms with Gasteiger partial charge in [0, 0.05) is 23.8 Å². The molecule has 1 atom stereocenters. The molecule has 0 spiro atoms. The van der Waals surface area contributed by atoms with Crippen molar-refractivity contribution in [1.82, 2.24) is 4.90 Å². The number of carbonyl (C=O) groups is 1. The van der Waals surface area contributed by atoms with Crippen LogP contribution in [0.3, 0.4) is 0 Å². The zero-order valence-corrected chi connectivity index (χ0v) is 14.2. The SMILES string of the molecule is CC(C)C1CCN(C(=O)c2c(Cl)cccc2S(=O)(=O)Cl)C1. The summed E-state index contributed by atoms with van der Waals surface area (Å²) in [4.78, 5) is 14.0. The van der Waals surface area contributed by atoms with E-state index in [4.69, 9.17) is 22.3 Å². The molecule has 0 N–H and O–H groups in total. The van der Waals surface area contributed by atoms with Gasteiger partial charge in [0.25, 0.3) is 15.0 Å². The number of carbonyl (C=O) groups excluding carboxylic acids is 1.